The number of halogens is 2. The van der Waals surface area contributed by atoms with Crippen LogP contribution >= 0.6 is 27.5 Å². The Labute approximate surface area is 205 Å². The van der Waals surface area contributed by atoms with Crippen molar-refractivity contribution in [1.29, 1.82) is 0 Å². The zero-order valence-corrected chi connectivity index (χ0v) is 20.7. The lowest BCUT2D eigenvalue weighted by Crippen LogP contribution is -2.37. The number of carbonyl (C=O) groups excluding carboxylic acids is 1. The van der Waals surface area contributed by atoms with Gasteiger partial charge in [0.15, 0.2) is 0 Å². The van der Waals surface area contributed by atoms with Crippen LogP contribution in [0.3, 0.4) is 0 Å². The van der Waals surface area contributed by atoms with Crippen LogP contribution in [0.1, 0.15) is 24.4 Å². The number of para-hydroxylation sites is 1. The van der Waals surface area contributed by atoms with Crippen LogP contribution in [-0.2, 0) is 0 Å². The molecule has 2 amide bonds. The summed E-state index contributed by atoms with van der Waals surface area (Å²) in [5.41, 5.74) is 2.54. The summed E-state index contributed by atoms with van der Waals surface area (Å²) in [6, 6.07) is 19.1. The highest BCUT2D eigenvalue weighted by molar-refractivity contribution is 9.10. The number of fused-ring (bicyclic) bond motifs is 1. The molecule has 4 aromatic rings. The lowest BCUT2D eigenvalue weighted by atomic mass is 10.1. The van der Waals surface area contributed by atoms with Gasteiger partial charge >= 0.3 is 6.03 Å². The van der Waals surface area contributed by atoms with E-state index >= 15 is 0 Å². The van der Waals surface area contributed by atoms with Crippen molar-refractivity contribution < 1.29 is 4.79 Å². The largest absolute Gasteiger partial charge is 0.322 e. The molecule has 6 nitrogen and oxygen atoms in total. The summed E-state index contributed by atoms with van der Waals surface area (Å²) in [5.74, 6) is 0.455. The van der Waals surface area contributed by atoms with Crippen LogP contribution in [0.15, 0.2) is 76.0 Å². The fourth-order valence-electron chi connectivity index (χ4n) is 3.66. The fourth-order valence-corrected chi connectivity index (χ4v) is 4.29. The van der Waals surface area contributed by atoms with Crippen molar-refractivity contribution >= 4 is 50.2 Å². The minimum Gasteiger partial charge on any atom is -0.318 e. The summed E-state index contributed by atoms with van der Waals surface area (Å²) in [6.45, 7) is 3.74. The number of urea groups is 1. The van der Waals surface area contributed by atoms with E-state index in [0.29, 0.717) is 33.1 Å². The number of benzene rings is 3. The van der Waals surface area contributed by atoms with E-state index in [1.165, 1.54) is 4.90 Å². The number of rotatable bonds is 4. The van der Waals surface area contributed by atoms with E-state index in [0.717, 1.165) is 10.0 Å². The van der Waals surface area contributed by atoms with Crippen LogP contribution in [0.4, 0.5) is 10.5 Å². The Morgan fingerprint density at radius 1 is 1.12 bits per heavy atom. The highest BCUT2D eigenvalue weighted by atomic mass is 79.9. The topological polar surface area (TPSA) is 67.2 Å². The molecule has 0 aliphatic carbocycles. The van der Waals surface area contributed by atoms with E-state index in [-0.39, 0.29) is 11.6 Å². The number of carbonyl (C=O) groups is 1. The molecule has 0 aliphatic heterocycles. The SMILES string of the molecule is Cc1cc(Cl)ccc1-n1c(C(C)N(C)C(=O)Nc2cccc(Br)c2)nc2ccccc2c1=O. The summed E-state index contributed by atoms with van der Waals surface area (Å²) in [4.78, 5) is 32.9. The molecule has 33 heavy (non-hydrogen) atoms. The second-order valence-electron chi connectivity index (χ2n) is 7.79. The van der Waals surface area contributed by atoms with Crippen molar-refractivity contribution in [2.45, 2.75) is 19.9 Å². The number of hydrogen-bond donors (Lipinski definition) is 1. The Kier molecular flexibility index (Phi) is 6.54. The minimum atomic E-state index is -0.510. The molecule has 0 saturated heterocycles. The van der Waals surface area contributed by atoms with E-state index < -0.39 is 6.04 Å². The highest BCUT2D eigenvalue weighted by Gasteiger charge is 2.25. The lowest BCUT2D eigenvalue weighted by Gasteiger charge is -2.27. The van der Waals surface area contributed by atoms with Crippen LogP contribution in [0.2, 0.25) is 5.02 Å². The molecule has 1 unspecified atom stereocenters. The van der Waals surface area contributed by atoms with E-state index in [1.54, 1.807) is 41.9 Å². The highest BCUT2D eigenvalue weighted by Crippen LogP contribution is 2.25. The average Bonchev–Trinajstić information content (AvgIpc) is 2.79. The quantitative estimate of drug-likeness (QED) is 0.338. The third-order valence-corrected chi connectivity index (χ3v) is 6.28. The van der Waals surface area contributed by atoms with Gasteiger partial charge in [-0.3, -0.25) is 9.36 Å². The number of aryl methyl sites for hydroxylation is 1. The molecule has 1 N–H and O–H groups in total. The summed E-state index contributed by atoms with van der Waals surface area (Å²) >= 11 is 9.56. The molecular weight excluding hydrogens is 504 g/mol. The van der Waals surface area contributed by atoms with Gasteiger partial charge in [0.25, 0.3) is 5.56 Å². The van der Waals surface area contributed by atoms with Crippen LogP contribution in [0.25, 0.3) is 16.6 Å². The monoisotopic (exact) mass is 524 g/mol. The van der Waals surface area contributed by atoms with Crippen LogP contribution in [0, 0.1) is 6.92 Å². The molecule has 0 radical (unpaired) electrons. The van der Waals surface area contributed by atoms with Gasteiger partial charge in [0.05, 0.1) is 22.6 Å². The second kappa shape index (κ2) is 9.37. The number of hydrogen-bond acceptors (Lipinski definition) is 3. The molecule has 0 saturated carbocycles. The first-order chi connectivity index (χ1) is 15.8. The van der Waals surface area contributed by atoms with Crippen molar-refractivity contribution in [3.63, 3.8) is 0 Å². The van der Waals surface area contributed by atoms with Crippen molar-refractivity contribution in [3.05, 3.63) is 98.0 Å². The molecule has 168 valence electrons. The summed E-state index contributed by atoms with van der Waals surface area (Å²) in [7, 11) is 1.68. The molecule has 1 atom stereocenters. The molecule has 0 aliphatic rings. The second-order valence-corrected chi connectivity index (χ2v) is 9.14. The maximum atomic E-state index is 13.6. The number of amides is 2. The minimum absolute atomic E-state index is 0.200. The fraction of sp³-hybridized carbons (Fsp3) is 0.160. The predicted octanol–water partition coefficient (Wildman–Crippen LogP) is 6.33. The molecule has 0 spiro atoms. The standard InChI is InChI=1S/C25H22BrClN4O2/c1-15-13-18(27)11-12-22(15)31-23(29-21-10-5-4-9-20(21)24(31)32)16(2)30(3)25(33)28-19-8-6-7-17(26)14-19/h4-14,16H,1-3H3,(H,28,33). The predicted molar refractivity (Wildman–Crippen MR) is 136 cm³/mol. The molecule has 4 rings (SSSR count). The number of aromatic nitrogens is 2. The van der Waals surface area contributed by atoms with Crippen LogP contribution in [-0.4, -0.2) is 27.5 Å². The summed E-state index contributed by atoms with van der Waals surface area (Å²) in [6.07, 6.45) is 0. The van der Waals surface area contributed by atoms with Gasteiger partial charge < -0.3 is 10.2 Å². The Morgan fingerprint density at radius 3 is 2.61 bits per heavy atom. The Balaban J connectivity index is 1.81. The van der Waals surface area contributed by atoms with Crippen molar-refractivity contribution in [1.82, 2.24) is 14.5 Å². The average molecular weight is 526 g/mol. The number of nitrogens with one attached hydrogen (secondary N) is 1. The van der Waals surface area contributed by atoms with Crippen LogP contribution in [0.5, 0.6) is 0 Å². The Hall–Kier alpha value is -3.16. The van der Waals surface area contributed by atoms with Gasteiger partial charge in [0.1, 0.15) is 5.82 Å². The van der Waals surface area contributed by atoms with E-state index in [2.05, 4.69) is 21.2 Å². The zero-order valence-electron chi connectivity index (χ0n) is 18.3. The smallest absolute Gasteiger partial charge is 0.318 e. The van der Waals surface area contributed by atoms with E-state index in [4.69, 9.17) is 16.6 Å². The van der Waals surface area contributed by atoms with Gasteiger partial charge in [-0.1, -0.05) is 45.7 Å². The van der Waals surface area contributed by atoms with Gasteiger partial charge in [-0.05, 0) is 67.9 Å². The first-order valence-electron chi connectivity index (χ1n) is 10.3. The van der Waals surface area contributed by atoms with Gasteiger partial charge in [-0.2, -0.15) is 0 Å². The molecule has 1 aromatic heterocycles. The Morgan fingerprint density at radius 2 is 1.88 bits per heavy atom. The molecule has 3 aromatic carbocycles. The third-order valence-electron chi connectivity index (χ3n) is 5.55. The van der Waals surface area contributed by atoms with Gasteiger partial charge in [-0.15, -0.1) is 0 Å². The van der Waals surface area contributed by atoms with Gasteiger partial charge in [-0.25, -0.2) is 9.78 Å². The molecule has 0 fully saturated rings. The van der Waals surface area contributed by atoms with Gasteiger partial charge in [0.2, 0.25) is 0 Å². The molecular formula is C25H22BrClN4O2. The van der Waals surface area contributed by atoms with Crippen molar-refractivity contribution in [3.8, 4) is 5.69 Å². The zero-order chi connectivity index (χ0) is 23.7. The maximum absolute atomic E-state index is 13.6. The number of nitrogens with zero attached hydrogens (tertiary/aromatic N) is 3. The normalized spacial score (nSPS) is 11.9. The lowest BCUT2D eigenvalue weighted by molar-refractivity contribution is 0.205. The maximum Gasteiger partial charge on any atom is 0.322 e. The molecule has 0 bridgehead atoms. The third kappa shape index (κ3) is 4.65. The first kappa shape index (κ1) is 23.0. The van der Waals surface area contributed by atoms with Gasteiger partial charge in [0, 0.05) is 22.2 Å². The molecule has 1 heterocycles. The first-order valence-corrected chi connectivity index (χ1v) is 11.5. The summed E-state index contributed by atoms with van der Waals surface area (Å²) < 4.78 is 2.43. The summed E-state index contributed by atoms with van der Waals surface area (Å²) in [5, 5.41) is 3.97. The van der Waals surface area contributed by atoms with E-state index in [1.807, 2.05) is 50.2 Å². The van der Waals surface area contributed by atoms with Crippen molar-refractivity contribution in [2.75, 3.05) is 12.4 Å². The molecule has 8 heteroatoms. The van der Waals surface area contributed by atoms with Crippen molar-refractivity contribution in [2.24, 2.45) is 0 Å². The number of anilines is 1. The van der Waals surface area contributed by atoms with Crippen LogP contribution < -0.4 is 10.9 Å². The van der Waals surface area contributed by atoms with E-state index in [9.17, 15) is 9.59 Å². The Bertz CT molecular complexity index is 1420.